The molecule has 0 atom stereocenters. The van der Waals surface area contributed by atoms with E-state index in [0.717, 1.165) is 0 Å². The van der Waals surface area contributed by atoms with Crippen LogP contribution in [0.25, 0.3) is 142 Å². The summed E-state index contributed by atoms with van der Waals surface area (Å²) in [7, 11) is 0. The first-order chi connectivity index (χ1) is 40.2. The molecule has 0 aliphatic carbocycles. The first-order valence-electron chi connectivity index (χ1n) is 29.1. The van der Waals surface area contributed by atoms with Crippen molar-refractivity contribution in [2.75, 3.05) is 0 Å². The van der Waals surface area contributed by atoms with Gasteiger partial charge in [-0.3, -0.25) is 0 Å². The summed E-state index contributed by atoms with van der Waals surface area (Å²) in [5.41, 5.74) is 15.2. The lowest BCUT2D eigenvalue weighted by atomic mass is 10.0. The van der Waals surface area contributed by atoms with E-state index >= 15 is 0 Å². The van der Waals surface area contributed by atoms with Crippen LogP contribution in [0.1, 0.15) is 59.7 Å². The lowest BCUT2D eigenvalue weighted by Gasteiger charge is -2.13. The zero-order chi connectivity index (χ0) is 55.3. The quantitative estimate of drug-likeness (QED) is 0.164. The van der Waals surface area contributed by atoms with E-state index in [1.54, 1.807) is 0 Å². The van der Waals surface area contributed by atoms with E-state index in [1.807, 2.05) is 0 Å². The third kappa shape index (κ3) is 7.60. The molecule has 0 amide bonds. The van der Waals surface area contributed by atoms with Gasteiger partial charge in [0.1, 0.15) is 0 Å². The van der Waals surface area contributed by atoms with Crippen molar-refractivity contribution in [3.63, 3.8) is 0 Å². The van der Waals surface area contributed by atoms with E-state index in [9.17, 15) is 0 Å². The second kappa shape index (κ2) is 19.5. The molecule has 0 spiro atoms. The number of benzene rings is 12. The topological polar surface area (TPSA) is 24.6 Å². The van der Waals surface area contributed by atoms with E-state index < -0.39 is 0 Å². The number of hydrogen-bond donors (Lipinski definition) is 0. The highest BCUT2D eigenvalue weighted by atomic mass is 15.0. The molecule has 0 saturated heterocycles. The number of nitrogens with zero attached hydrogens (tertiary/aromatic N) is 5. The molecule has 5 heteroatoms. The molecule has 82 heavy (non-hydrogen) atoms. The molecule has 0 saturated carbocycles. The van der Waals surface area contributed by atoms with Crippen LogP contribution in [0.15, 0.2) is 255 Å². The molecule has 12 aromatic carbocycles. The van der Waals surface area contributed by atoms with Gasteiger partial charge in [0.25, 0.3) is 0 Å². The van der Waals surface area contributed by atoms with Crippen molar-refractivity contribution in [3.05, 3.63) is 255 Å². The summed E-state index contributed by atoms with van der Waals surface area (Å²) in [4.78, 5) is 0. The second-order valence-electron chi connectivity index (χ2n) is 22.9. The molecule has 0 N–H and O–H groups in total. The van der Waals surface area contributed by atoms with Gasteiger partial charge in [0.15, 0.2) is 0 Å². The van der Waals surface area contributed by atoms with E-state index in [1.165, 1.54) is 142 Å². The molecular formula is C77H63N5. The molecule has 5 nitrogen and oxygen atoms in total. The van der Waals surface area contributed by atoms with Gasteiger partial charge in [0, 0.05) is 116 Å². The van der Waals surface area contributed by atoms with Crippen molar-refractivity contribution in [1.29, 1.82) is 0 Å². The van der Waals surface area contributed by atoms with Crippen molar-refractivity contribution < 1.29 is 0 Å². The number of aromatic nitrogens is 5. The Hall–Kier alpha value is -9.84. The number of rotatable bonds is 5. The minimum absolute atomic E-state index is 0.336. The molecule has 5 heterocycles. The van der Waals surface area contributed by atoms with Crippen LogP contribution in [-0.4, -0.2) is 22.8 Å². The summed E-state index contributed by atoms with van der Waals surface area (Å²) >= 11 is 0. The van der Waals surface area contributed by atoms with E-state index in [4.69, 9.17) is 0 Å². The summed E-state index contributed by atoms with van der Waals surface area (Å²) in [6.07, 6.45) is 0. The molecule has 17 aromatic rings. The van der Waals surface area contributed by atoms with Crippen LogP contribution in [0.2, 0.25) is 0 Å². The lowest BCUT2D eigenvalue weighted by Crippen LogP contribution is -2.00. The maximum atomic E-state index is 2.48. The standard InChI is InChI=1S/C39H29N3.2C19H17N/c1-25(2)40-38-21-19-26(41-34-15-7-3-11-28(34)29-12-4-8-16-35(29)41)23-32(38)33-24-27(20-22-39(33)40)42-36-17-9-5-13-30(36)31-14-6-10-18-37(31)42;1-13(2)20-18-10-6-5-9-16(18)17-12-11-14-7-3-4-8-15(14)19(17)20;1-13(2)20-17-10-6-5-9-16(17)19-15-8-4-3-7-14(15)11-12-18(19)20/h3-25H,1-2H3;2*3-13H,1-2H3. The molecular weight excluding hydrogens is 995 g/mol. The van der Waals surface area contributed by atoms with E-state index in [2.05, 4.69) is 319 Å². The summed E-state index contributed by atoms with van der Waals surface area (Å²) in [6, 6.07) is 93.9. The average molecular weight is 1060 g/mol. The van der Waals surface area contributed by atoms with Crippen LogP contribution in [0.5, 0.6) is 0 Å². The van der Waals surface area contributed by atoms with Gasteiger partial charge in [-0.05, 0) is 137 Å². The number of hydrogen-bond acceptors (Lipinski definition) is 0. The van der Waals surface area contributed by atoms with Crippen molar-refractivity contribution >= 4 is 131 Å². The predicted molar refractivity (Wildman–Crippen MR) is 353 cm³/mol. The van der Waals surface area contributed by atoms with Crippen LogP contribution < -0.4 is 0 Å². The molecule has 396 valence electrons. The van der Waals surface area contributed by atoms with Gasteiger partial charge >= 0.3 is 0 Å². The van der Waals surface area contributed by atoms with Crippen molar-refractivity contribution in [2.45, 2.75) is 59.7 Å². The Kier molecular flexibility index (Phi) is 11.7. The van der Waals surface area contributed by atoms with Crippen LogP contribution in [-0.2, 0) is 0 Å². The van der Waals surface area contributed by atoms with Crippen LogP contribution in [0.4, 0.5) is 0 Å². The summed E-state index contributed by atoms with van der Waals surface area (Å²) < 4.78 is 12.2. The summed E-state index contributed by atoms with van der Waals surface area (Å²) in [6.45, 7) is 13.6. The molecule has 0 unspecified atom stereocenters. The Balaban J connectivity index is 0.000000120. The van der Waals surface area contributed by atoms with E-state index in [0.29, 0.717) is 18.1 Å². The Bertz CT molecular complexity index is 5050. The highest BCUT2D eigenvalue weighted by molar-refractivity contribution is 6.21. The Labute approximate surface area is 476 Å². The molecule has 0 fully saturated rings. The Morgan fingerprint density at radius 3 is 1.00 bits per heavy atom. The third-order valence-corrected chi connectivity index (χ3v) is 17.2. The van der Waals surface area contributed by atoms with Gasteiger partial charge in [-0.1, -0.05) is 176 Å². The minimum atomic E-state index is 0.336. The SMILES string of the molecule is CC(C)n1c2ccc(-n3c4ccccc4c4ccccc43)cc2c2cc(-n3c4ccccc4c4ccccc43)ccc21.CC(C)n1c2ccccc2c2c3ccccc3ccc21.CC(C)n1c2ccccc2c2ccc3ccccc3c21. The normalized spacial score (nSPS) is 12.1. The zero-order valence-electron chi connectivity index (χ0n) is 47.2. The largest absolute Gasteiger partial charge is 0.338 e. The van der Waals surface area contributed by atoms with Crippen molar-refractivity contribution in [1.82, 2.24) is 22.8 Å². The number of fused-ring (bicyclic) bond motifs is 19. The van der Waals surface area contributed by atoms with Gasteiger partial charge < -0.3 is 22.8 Å². The number of para-hydroxylation sites is 6. The molecule has 17 rings (SSSR count). The Morgan fingerprint density at radius 1 is 0.220 bits per heavy atom. The summed E-state index contributed by atoms with van der Waals surface area (Å²) in [5, 5.41) is 18.4. The fourth-order valence-corrected chi connectivity index (χ4v) is 13.9. The molecule has 0 radical (unpaired) electrons. The van der Waals surface area contributed by atoms with E-state index in [-0.39, 0.29) is 0 Å². The molecule has 5 aromatic heterocycles. The van der Waals surface area contributed by atoms with Gasteiger partial charge in [0.05, 0.1) is 27.6 Å². The fraction of sp³-hybridized carbons (Fsp3) is 0.117. The third-order valence-electron chi connectivity index (χ3n) is 17.2. The predicted octanol–water partition coefficient (Wildman–Crippen LogP) is 21.6. The van der Waals surface area contributed by atoms with Crippen LogP contribution >= 0.6 is 0 Å². The van der Waals surface area contributed by atoms with Crippen molar-refractivity contribution in [3.8, 4) is 11.4 Å². The van der Waals surface area contributed by atoms with Gasteiger partial charge in [-0.2, -0.15) is 0 Å². The second-order valence-corrected chi connectivity index (χ2v) is 22.9. The smallest absolute Gasteiger partial charge is 0.0573 e. The maximum Gasteiger partial charge on any atom is 0.0573 e. The van der Waals surface area contributed by atoms with Gasteiger partial charge in [-0.15, -0.1) is 0 Å². The first-order valence-corrected chi connectivity index (χ1v) is 29.1. The van der Waals surface area contributed by atoms with Gasteiger partial charge in [0.2, 0.25) is 0 Å². The minimum Gasteiger partial charge on any atom is -0.338 e. The monoisotopic (exact) mass is 1060 g/mol. The highest BCUT2D eigenvalue weighted by Gasteiger charge is 2.20. The first kappa shape index (κ1) is 49.2. The maximum absolute atomic E-state index is 2.48. The molecule has 0 aliphatic heterocycles. The Morgan fingerprint density at radius 2 is 0.537 bits per heavy atom. The molecule has 0 aliphatic rings. The average Bonchev–Trinajstić information content (AvgIpc) is 4.51. The highest BCUT2D eigenvalue weighted by Crippen LogP contribution is 2.41. The lowest BCUT2D eigenvalue weighted by molar-refractivity contribution is 0.642. The fourth-order valence-electron chi connectivity index (χ4n) is 13.9. The van der Waals surface area contributed by atoms with Crippen LogP contribution in [0, 0.1) is 0 Å². The zero-order valence-corrected chi connectivity index (χ0v) is 47.2. The van der Waals surface area contributed by atoms with Crippen molar-refractivity contribution in [2.24, 2.45) is 0 Å². The molecule has 0 bridgehead atoms. The van der Waals surface area contributed by atoms with Gasteiger partial charge in [-0.25, -0.2) is 0 Å². The van der Waals surface area contributed by atoms with Crippen LogP contribution in [0.3, 0.4) is 0 Å². The summed E-state index contributed by atoms with van der Waals surface area (Å²) in [5.74, 6) is 0.